The molecule has 0 amide bonds. The summed E-state index contributed by atoms with van der Waals surface area (Å²) in [5, 5.41) is 17.2. The average molecular weight is 404 g/mol. The maximum Gasteiger partial charge on any atom is 0.244 e. The third-order valence-electron chi connectivity index (χ3n) is 4.87. The van der Waals surface area contributed by atoms with E-state index in [4.69, 9.17) is 15.2 Å². The normalized spacial score (nSPS) is 15.4. The van der Waals surface area contributed by atoms with E-state index in [0.717, 1.165) is 21.7 Å². The van der Waals surface area contributed by atoms with Crippen LogP contribution >= 0.6 is 11.8 Å². The van der Waals surface area contributed by atoms with Crippen molar-refractivity contribution in [2.24, 2.45) is 5.73 Å². The molecule has 3 aromatic rings. The van der Waals surface area contributed by atoms with Crippen molar-refractivity contribution in [3.8, 4) is 17.7 Å². The Balaban J connectivity index is 1.75. The number of aromatic nitrogens is 2. The zero-order valence-corrected chi connectivity index (χ0v) is 16.9. The Morgan fingerprint density at radius 3 is 2.72 bits per heavy atom. The lowest BCUT2D eigenvalue weighted by atomic mass is 9.83. The maximum atomic E-state index is 9.80. The third kappa shape index (κ3) is 3.55. The van der Waals surface area contributed by atoms with Crippen LogP contribution in [0.15, 0.2) is 64.9 Å². The molecule has 0 aliphatic carbocycles. The SMILES string of the molecule is COc1ccccc1[C@H]1C(C#N)=C(N)Oc2n[nH]c(CSc3ccc(C)cc3)c21. The molecule has 0 unspecified atom stereocenters. The van der Waals surface area contributed by atoms with Gasteiger partial charge in [-0.3, -0.25) is 5.10 Å². The number of thioether (sulfide) groups is 1. The van der Waals surface area contributed by atoms with Crippen molar-refractivity contribution in [2.45, 2.75) is 23.5 Å². The Hall–Kier alpha value is -3.37. The Morgan fingerprint density at radius 2 is 2.00 bits per heavy atom. The number of nitrogens with zero attached hydrogens (tertiary/aromatic N) is 2. The molecule has 0 spiro atoms. The molecule has 1 aliphatic rings. The van der Waals surface area contributed by atoms with E-state index in [2.05, 4.69) is 47.5 Å². The van der Waals surface area contributed by atoms with Gasteiger partial charge in [0, 0.05) is 16.2 Å². The van der Waals surface area contributed by atoms with Crippen LogP contribution < -0.4 is 15.2 Å². The number of benzene rings is 2. The molecule has 0 saturated carbocycles. The molecular formula is C22H20N4O2S. The lowest BCUT2D eigenvalue weighted by Gasteiger charge is -2.25. The zero-order valence-electron chi connectivity index (χ0n) is 16.1. The fourth-order valence-corrected chi connectivity index (χ4v) is 4.28. The standard InChI is InChI=1S/C22H20N4O2S/c1-13-7-9-14(10-8-13)29-12-17-20-19(15-5-3-4-6-18(15)27-2)16(11-23)21(24)28-22(20)26-25-17/h3-10,19H,12,24H2,1-2H3,(H,25,26)/t19-/m0/s1. The van der Waals surface area contributed by atoms with Gasteiger partial charge in [-0.2, -0.15) is 5.26 Å². The molecule has 1 aromatic heterocycles. The van der Waals surface area contributed by atoms with Gasteiger partial charge < -0.3 is 15.2 Å². The van der Waals surface area contributed by atoms with Crippen molar-refractivity contribution >= 4 is 11.8 Å². The number of nitrogens with one attached hydrogen (secondary N) is 1. The van der Waals surface area contributed by atoms with Gasteiger partial charge in [0.15, 0.2) is 0 Å². The third-order valence-corrected chi connectivity index (χ3v) is 5.91. The number of hydrogen-bond donors (Lipinski definition) is 2. The van der Waals surface area contributed by atoms with Crippen LogP contribution in [-0.2, 0) is 5.75 Å². The summed E-state index contributed by atoms with van der Waals surface area (Å²) in [4.78, 5) is 1.15. The van der Waals surface area contributed by atoms with Crippen molar-refractivity contribution < 1.29 is 9.47 Å². The summed E-state index contributed by atoms with van der Waals surface area (Å²) in [6.07, 6.45) is 0. The second-order valence-corrected chi connectivity index (χ2v) is 7.74. The fourth-order valence-electron chi connectivity index (χ4n) is 3.42. The van der Waals surface area contributed by atoms with Crippen LogP contribution in [0.5, 0.6) is 11.6 Å². The predicted molar refractivity (Wildman–Crippen MR) is 112 cm³/mol. The number of hydrogen-bond acceptors (Lipinski definition) is 6. The molecular weight excluding hydrogens is 384 g/mol. The molecule has 0 bridgehead atoms. The van der Waals surface area contributed by atoms with E-state index in [0.29, 0.717) is 23.0 Å². The van der Waals surface area contributed by atoms with Crippen molar-refractivity contribution in [3.05, 3.63) is 82.4 Å². The van der Waals surface area contributed by atoms with Crippen LogP contribution in [0.25, 0.3) is 0 Å². The lowest BCUT2D eigenvalue weighted by Crippen LogP contribution is -2.21. The van der Waals surface area contributed by atoms with Gasteiger partial charge >= 0.3 is 0 Å². The maximum absolute atomic E-state index is 9.80. The number of H-pyrrole nitrogens is 1. The summed E-state index contributed by atoms with van der Waals surface area (Å²) >= 11 is 1.69. The molecule has 6 nitrogen and oxygen atoms in total. The van der Waals surface area contributed by atoms with E-state index >= 15 is 0 Å². The lowest BCUT2D eigenvalue weighted by molar-refractivity contribution is 0.375. The minimum Gasteiger partial charge on any atom is -0.496 e. The number of fused-ring (bicyclic) bond motifs is 1. The quantitative estimate of drug-likeness (QED) is 0.618. The number of ether oxygens (including phenoxy) is 2. The number of aromatic amines is 1. The Labute approximate surface area is 173 Å². The van der Waals surface area contributed by atoms with E-state index in [-0.39, 0.29) is 5.88 Å². The van der Waals surface area contributed by atoms with Crippen LogP contribution in [0.2, 0.25) is 0 Å². The summed E-state index contributed by atoms with van der Waals surface area (Å²) < 4.78 is 11.2. The highest BCUT2D eigenvalue weighted by molar-refractivity contribution is 7.98. The van der Waals surface area contributed by atoms with Crippen LogP contribution in [0.1, 0.15) is 28.3 Å². The topological polar surface area (TPSA) is 96.9 Å². The zero-order chi connectivity index (χ0) is 20.4. The molecule has 2 heterocycles. The molecule has 0 fully saturated rings. The largest absolute Gasteiger partial charge is 0.496 e. The van der Waals surface area contributed by atoms with Gasteiger partial charge in [0.1, 0.15) is 17.4 Å². The van der Waals surface area contributed by atoms with Crippen LogP contribution in [0, 0.1) is 18.3 Å². The van der Waals surface area contributed by atoms with Crippen LogP contribution in [0.4, 0.5) is 0 Å². The van der Waals surface area contributed by atoms with Crippen LogP contribution in [0.3, 0.4) is 0 Å². The first kappa shape index (κ1) is 19.0. The van der Waals surface area contributed by atoms with Gasteiger partial charge in [-0.05, 0) is 25.1 Å². The van der Waals surface area contributed by atoms with E-state index < -0.39 is 5.92 Å². The van der Waals surface area contributed by atoms with Crippen molar-refractivity contribution in [1.29, 1.82) is 5.26 Å². The first-order valence-corrected chi connectivity index (χ1v) is 10.1. The number of aryl methyl sites for hydroxylation is 1. The molecule has 2 aromatic carbocycles. The average Bonchev–Trinajstić information content (AvgIpc) is 3.14. The molecule has 29 heavy (non-hydrogen) atoms. The minimum absolute atomic E-state index is 0.0696. The van der Waals surface area contributed by atoms with Crippen molar-refractivity contribution in [1.82, 2.24) is 10.2 Å². The van der Waals surface area contributed by atoms with Crippen molar-refractivity contribution in [3.63, 3.8) is 0 Å². The number of nitrogens with two attached hydrogens (primary N) is 1. The first-order chi connectivity index (χ1) is 14.1. The van der Waals surface area contributed by atoms with Gasteiger partial charge in [-0.1, -0.05) is 35.9 Å². The Bertz CT molecular complexity index is 1110. The molecule has 0 saturated heterocycles. The van der Waals surface area contributed by atoms with E-state index in [1.807, 2.05) is 24.3 Å². The van der Waals surface area contributed by atoms with Gasteiger partial charge in [0.05, 0.1) is 24.3 Å². The smallest absolute Gasteiger partial charge is 0.244 e. The second kappa shape index (κ2) is 7.94. The minimum atomic E-state index is -0.410. The second-order valence-electron chi connectivity index (χ2n) is 6.69. The molecule has 3 N–H and O–H groups in total. The Kier molecular flexibility index (Phi) is 5.19. The highest BCUT2D eigenvalue weighted by Crippen LogP contribution is 2.46. The number of allylic oxidation sites excluding steroid dienone is 1. The van der Waals surface area contributed by atoms with Gasteiger partial charge in [0.2, 0.25) is 11.8 Å². The van der Waals surface area contributed by atoms with E-state index in [1.165, 1.54) is 5.56 Å². The molecule has 0 radical (unpaired) electrons. The number of rotatable bonds is 5. The molecule has 4 rings (SSSR count). The number of para-hydroxylation sites is 1. The Morgan fingerprint density at radius 1 is 1.24 bits per heavy atom. The fraction of sp³-hybridized carbons (Fsp3) is 0.182. The molecule has 146 valence electrons. The highest BCUT2D eigenvalue weighted by Gasteiger charge is 2.36. The van der Waals surface area contributed by atoms with E-state index in [9.17, 15) is 5.26 Å². The summed E-state index contributed by atoms with van der Waals surface area (Å²) in [5.41, 5.74) is 10.2. The summed E-state index contributed by atoms with van der Waals surface area (Å²) in [5.74, 6) is 1.40. The van der Waals surface area contributed by atoms with Crippen LogP contribution in [-0.4, -0.2) is 17.3 Å². The predicted octanol–water partition coefficient (Wildman–Crippen LogP) is 4.24. The van der Waals surface area contributed by atoms with Gasteiger partial charge in [-0.15, -0.1) is 16.9 Å². The summed E-state index contributed by atoms with van der Waals surface area (Å²) in [7, 11) is 1.61. The first-order valence-electron chi connectivity index (χ1n) is 9.09. The molecule has 1 aliphatic heterocycles. The monoisotopic (exact) mass is 404 g/mol. The van der Waals surface area contributed by atoms with Gasteiger partial charge in [-0.25, -0.2) is 0 Å². The number of methoxy groups -OCH3 is 1. The van der Waals surface area contributed by atoms with E-state index in [1.54, 1.807) is 18.9 Å². The summed E-state index contributed by atoms with van der Waals surface area (Å²) in [6, 6.07) is 18.2. The van der Waals surface area contributed by atoms with Gasteiger partial charge in [0.25, 0.3) is 0 Å². The summed E-state index contributed by atoms with van der Waals surface area (Å²) in [6.45, 7) is 2.06. The highest BCUT2D eigenvalue weighted by atomic mass is 32.2. The number of nitriles is 1. The molecule has 7 heteroatoms. The van der Waals surface area contributed by atoms with Crippen molar-refractivity contribution in [2.75, 3.05) is 7.11 Å². The molecule has 1 atom stereocenters.